The molecule has 1 N–H and O–H groups in total. The molecule has 0 bridgehead atoms. The lowest BCUT2D eigenvalue weighted by molar-refractivity contribution is 0.0697. The molecule has 2 heterocycles. The van der Waals surface area contributed by atoms with Crippen LogP contribution >= 0.6 is 0 Å². The molecule has 4 aromatic rings. The molecule has 0 unspecified atom stereocenters. The molecule has 0 saturated heterocycles. The third kappa shape index (κ3) is 3.01. The van der Waals surface area contributed by atoms with Gasteiger partial charge in [0.1, 0.15) is 11.3 Å². The van der Waals surface area contributed by atoms with E-state index >= 15 is 0 Å². The van der Waals surface area contributed by atoms with Crippen molar-refractivity contribution in [2.75, 3.05) is 18.0 Å². The molecule has 0 radical (unpaired) electrons. The molecule has 0 fully saturated rings. The zero-order chi connectivity index (χ0) is 19.0. The van der Waals surface area contributed by atoms with Gasteiger partial charge in [0, 0.05) is 23.9 Å². The summed E-state index contributed by atoms with van der Waals surface area (Å²) in [5.41, 5.74) is 3.53. The molecule has 0 amide bonds. The molecule has 5 heteroatoms. The Balaban J connectivity index is 1.97. The van der Waals surface area contributed by atoms with Gasteiger partial charge in [0.25, 0.3) is 0 Å². The maximum absolute atomic E-state index is 11.3. The van der Waals surface area contributed by atoms with Gasteiger partial charge in [-0.1, -0.05) is 18.2 Å². The average molecular weight is 360 g/mol. The van der Waals surface area contributed by atoms with Crippen LogP contribution in [0.15, 0.2) is 59.0 Å². The van der Waals surface area contributed by atoms with Gasteiger partial charge < -0.3 is 14.4 Å². The summed E-state index contributed by atoms with van der Waals surface area (Å²) in [6.45, 7) is 5.80. The smallest absolute Gasteiger partial charge is 0.335 e. The van der Waals surface area contributed by atoms with Crippen LogP contribution in [0.3, 0.4) is 0 Å². The molecule has 27 heavy (non-hydrogen) atoms. The highest BCUT2D eigenvalue weighted by Crippen LogP contribution is 2.35. The van der Waals surface area contributed by atoms with Crippen molar-refractivity contribution in [3.8, 4) is 11.5 Å². The normalized spacial score (nSPS) is 11.2. The minimum absolute atomic E-state index is 0.256. The molecule has 0 aliphatic carbocycles. The zero-order valence-corrected chi connectivity index (χ0v) is 15.3. The Hall–Kier alpha value is -3.34. The number of carbonyl (C=O) groups is 1. The van der Waals surface area contributed by atoms with Crippen LogP contribution in [-0.4, -0.2) is 29.1 Å². The van der Waals surface area contributed by atoms with Crippen LogP contribution in [-0.2, 0) is 0 Å². The summed E-state index contributed by atoms with van der Waals surface area (Å²) < 4.78 is 6.06. The van der Waals surface area contributed by atoms with E-state index in [0.717, 1.165) is 46.3 Å². The Kier molecular flexibility index (Phi) is 4.28. The summed E-state index contributed by atoms with van der Waals surface area (Å²) in [7, 11) is 0. The second kappa shape index (κ2) is 6.76. The zero-order valence-electron chi connectivity index (χ0n) is 15.3. The van der Waals surface area contributed by atoms with Gasteiger partial charge in [-0.05, 0) is 50.2 Å². The van der Waals surface area contributed by atoms with E-state index in [-0.39, 0.29) is 5.56 Å². The SMILES string of the molecule is CCN(CC)c1cc2cc(C(=O)O)ccc2nc1-c1cc2ccccc2o1. The van der Waals surface area contributed by atoms with Crippen LogP contribution < -0.4 is 4.90 Å². The van der Waals surface area contributed by atoms with Crippen LogP contribution in [0.1, 0.15) is 24.2 Å². The van der Waals surface area contributed by atoms with Crippen molar-refractivity contribution in [3.05, 3.63) is 60.2 Å². The predicted octanol–water partition coefficient (Wildman–Crippen LogP) is 5.19. The first-order chi connectivity index (χ1) is 13.1. The van der Waals surface area contributed by atoms with E-state index in [4.69, 9.17) is 9.40 Å². The number of para-hydroxylation sites is 1. The van der Waals surface area contributed by atoms with E-state index in [1.165, 1.54) is 0 Å². The number of anilines is 1. The van der Waals surface area contributed by atoms with Gasteiger partial charge in [0.2, 0.25) is 0 Å². The number of hydrogen-bond donors (Lipinski definition) is 1. The van der Waals surface area contributed by atoms with Crippen molar-refractivity contribution < 1.29 is 14.3 Å². The second-order valence-electron chi connectivity index (χ2n) is 6.39. The maximum atomic E-state index is 11.3. The Bertz CT molecular complexity index is 1110. The highest BCUT2D eigenvalue weighted by atomic mass is 16.4. The highest BCUT2D eigenvalue weighted by molar-refractivity contribution is 5.96. The number of nitrogens with zero attached hydrogens (tertiary/aromatic N) is 2. The van der Waals surface area contributed by atoms with E-state index in [2.05, 4.69) is 18.7 Å². The van der Waals surface area contributed by atoms with Gasteiger partial charge in [-0.25, -0.2) is 9.78 Å². The van der Waals surface area contributed by atoms with Crippen LogP contribution in [0.2, 0.25) is 0 Å². The van der Waals surface area contributed by atoms with E-state index in [1.54, 1.807) is 18.2 Å². The first kappa shape index (κ1) is 17.1. The van der Waals surface area contributed by atoms with Crippen molar-refractivity contribution in [1.82, 2.24) is 4.98 Å². The number of benzene rings is 2. The fourth-order valence-electron chi connectivity index (χ4n) is 3.38. The van der Waals surface area contributed by atoms with Gasteiger partial charge in [-0.3, -0.25) is 0 Å². The molecule has 0 aliphatic heterocycles. The van der Waals surface area contributed by atoms with Crippen LogP contribution in [0, 0.1) is 0 Å². The van der Waals surface area contributed by atoms with E-state index < -0.39 is 5.97 Å². The predicted molar refractivity (Wildman–Crippen MR) is 107 cm³/mol. The molecule has 0 saturated carbocycles. The van der Waals surface area contributed by atoms with Crippen molar-refractivity contribution in [3.63, 3.8) is 0 Å². The quantitative estimate of drug-likeness (QED) is 0.530. The summed E-state index contributed by atoms with van der Waals surface area (Å²) in [5, 5.41) is 11.1. The molecule has 5 nitrogen and oxygen atoms in total. The lowest BCUT2D eigenvalue weighted by atomic mass is 10.1. The summed E-state index contributed by atoms with van der Waals surface area (Å²) in [6.07, 6.45) is 0. The first-order valence-corrected chi connectivity index (χ1v) is 9.02. The Morgan fingerprint density at radius 2 is 1.81 bits per heavy atom. The highest BCUT2D eigenvalue weighted by Gasteiger charge is 2.18. The molecule has 0 spiro atoms. The third-order valence-electron chi connectivity index (χ3n) is 4.80. The number of carboxylic acid groups (broad SMARTS) is 1. The van der Waals surface area contributed by atoms with Crippen molar-refractivity contribution >= 4 is 33.5 Å². The molecule has 0 atom stereocenters. The van der Waals surface area contributed by atoms with Crippen LogP contribution in [0.5, 0.6) is 0 Å². The number of furan rings is 1. The van der Waals surface area contributed by atoms with E-state index in [1.807, 2.05) is 36.4 Å². The summed E-state index contributed by atoms with van der Waals surface area (Å²) in [4.78, 5) is 18.3. The maximum Gasteiger partial charge on any atom is 0.335 e. The van der Waals surface area contributed by atoms with Crippen LogP contribution in [0.25, 0.3) is 33.3 Å². The van der Waals surface area contributed by atoms with Crippen molar-refractivity contribution in [2.24, 2.45) is 0 Å². The Labute approximate surface area is 156 Å². The monoisotopic (exact) mass is 360 g/mol. The Morgan fingerprint density at radius 3 is 2.52 bits per heavy atom. The molecule has 4 rings (SSSR count). The third-order valence-corrected chi connectivity index (χ3v) is 4.80. The number of aromatic carboxylic acids is 1. The molecular formula is C22H20N2O3. The number of aromatic nitrogens is 1. The first-order valence-electron chi connectivity index (χ1n) is 9.02. The largest absolute Gasteiger partial charge is 0.478 e. The average Bonchev–Trinajstić information content (AvgIpc) is 3.12. The van der Waals surface area contributed by atoms with Gasteiger partial charge >= 0.3 is 5.97 Å². The van der Waals surface area contributed by atoms with Gasteiger partial charge in [-0.15, -0.1) is 0 Å². The standard InChI is InChI=1S/C22H20N2O3/c1-3-24(4-2)18-12-16-11-15(22(25)26)9-10-17(16)23-21(18)20-13-14-7-5-6-8-19(14)27-20/h5-13H,3-4H2,1-2H3,(H,25,26). The number of pyridine rings is 1. The summed E-state index contributed by atoms with van der Waals surface area (Å²) >= 11 is 0. The van der Waals surface area contributed by atoms with Gasteiger partial charge in [0.05, 0.1) is 16.8 Å². The molecule has 0 aliphatic rings. The Morgan fingerprint density at radius 1 is 1.04 bits per heavy atom. The second-order valence-corrected chi connectivity index (χ2v) is 6.39. The fraction of sp³-hybridized carbons (Fsp3) is 0.182. The molecule has 2 aromatic carbocycles. The van der Waals surface area contributed by atoms with Crippen molar-refractivity contribution in [1.29, 1.82) is 0 Å². The number of rotatable bonds is 5. The number of hydrogen-bond acceptors (Lipinski definition) is 4. The number of fused-ring (bicyclic) bond motifs is 2. The summed E-state index contributed by atoms with van der Waals surface area (Å²) in [5.74, 6) is -0.232. The molecule has 2 aromatic heterocycles. The lowest BCUT2D eigenvalue weighted by Gasteiger charge is -2.23. The van der Waals surface area contributed by atoms with Crippen LogP contribution in [0.4, 0.5) is 5.69 Å². The minimum atomic E-state index is -0.942. The lowest BCUT2D eigenvalue weighted by Crippen LogP contribution is -2.22. The number of carboxylic acids is 1. The topological polar surface area (TPSA) is 66.6 Å². The van der Waals surface area contributed by atoms with E-state index in [9.17, 15) is 9.90 Å². The minimum Gasteiger partial charge on any atom is -0.478 e. The summed E-state index contributed by atoms with van der Waals surface area (Å²) in [6, 6.07) is 16.9. The fourth-order valence-corrected chi connectivity index (χ4v) is 3.38. The molecular weight excluding hydrogens is 340 g/mol. The van der Waals surface area contributed by atoms with Crippen molar-refractivity contribution in [2.45, 2.75) is 13.8 Å². The molecule has 136 valence electrons. The van der Waals surface area contributed by atoms with Gasteiger partial charge in [0.15, 0.2) is 5.76 Å². The van der Waals surface area contributed by atoms with Gasteiger partial charge in [-0.2, -0.15) is 0 Å². The van der Waals surface area contributed by atoms with E-state index in [0.29, 0.717) is 5.76 Å².